The molecule has 2 rings (SSSR count). The third-order valence-corrected chi connectivity index (χ3v) is 2.64. The van der Waals surface area contributed by atoms with Crippen molar-refractivity contribution in [2.75, 3.05) is 6.54 Å². The van der Waals surface area contributed by atoms with Gasteiger partial charge in [-0.25, -0.2) is 0 Å². The average molecular weight is 205 g/mol. The van der Waals surface area contributed by atoms with E-state index in [2.05, 4.69) is 4.98 Å². The number of rotatable bonds is 3. The Kier molecular flexibility index (Phi) is 2.97. The average Bonchev–Trinajstić information content (AvgIpc) is 2.66. The van der Waals surface area contributed by atoms with Crippen molar-refractivity contribution in [3.63, 3.8) is 0 Å². The smallest absolute Gasteiger partial charge is 0.222 e. The van der Waals surface area contributed by atoms with E-state index in [4.69, 9.17) is 5.73 Å². The Bertz CT molecular complexity index is 347. The van der Waals surface area contributed by atoms with Gasteiger partial charge in [-0.15, -0.1) is 0 Å². The van der Waals surface area contributed by atoms with Crippen molar-refractivity contribution >= 4 is 5.91 Å². The molecule has 0 spiro atoms. The fraction of sp³-hybridized carbons (Fsp3) is 0.455. The molecule has 0 radical (unpaired) electrons. The van der Waals surface area contributed by atoms with Gasteiger partial charge in [0.25, 0.3) is 0 Å². The molecule has 0 unspecified atom stereocenters. The fourth-order valence-corrected chi connectivity index (χ4v) is 1.76. The summed E-state index contributed by atoms with van der Waals surface area (Å²) in [4.78, 5) is 17.5. The summed E-state index contributed by atoms with van der Waals surface area (Å²) in [5.41, 5.74) is 7.41. The largest absolute Gasteiger partial charge is 0.338 e. The Balaban J connectivity index is 2.01. The number of nitrogens with zero attached hydrogens (tertiary/aromatic N) is 2. The van der Waals surface area contributed by atoms with Crippen molar-refractivity contribution in [3.05, 3.63) is 29.6 Å². The number of carbonyl (C=O) groups is 1. The summed E-state index contributed by atoms with van der Waals surface area (Å²) in [6.45, 7) is 2.01. The Hall–Kier alpha value is -1.42. The molecule has 4 nitrogen and oxygen atoms in total. The summed E-state index contributed by atoms with van der Waals surface area (Å²) in [7, 11) is 0. The maximum atomic E-state index is 11.4. The van der Waals surface area contributed by atoms with Crippen LogP contribution in [0.25, 0.3) is 0 Å². The van der Waals surface area contributed by atoms with Crippen LogP contribution in [0.4, 0.5) is 0 Å². The predicted octanol–water partition coefficient (Wildman–Crippen LogP) is 0.663. The van der Waals surface area contributed by atoms with Gasteiger partial charge in [0, 0.05) is 32.3 Å². The third-order valence-electron chi connectivity index (χ3n) is 2.64. The highest BCUT2D eigenvalue weighted by Gasteiger charge is 2.19. The monoisotopic (exact) mass is 205 g/mol. The Morgan fingerprint density at radius 1 is 1.47 bits per heavy atom. The van der Waals surface area contributed by atoms with Crippen molar-refractivity contribution in [1.82, 2.24) is 9.88 Å². The lowest BCUT2D eigenvalue weighted by molar-refractivity contribution is -0.128. The molecule has 1 aliphatic rings. The zero-order chi connectivity index (χ0) is 10.7. The summed E-state index contributed by atoms with van der Waals surface area (Å²) in [6, 6.07) is 3.90. The van der Waals surface area contributed by atoms with Gasteiger partial charge in [-0.3, -0.25) is 9.78 Å². The fourth-order valence-electron chi connectivity index (χ4n) is 1.76. The number of carbonyl (C=O) groups excluding carboxylic acids is 1. The van der Waals surface area contributed by atoms with Gasteiger partial charge in [0.2, 0.25) is 5.91 Å². The van der Waals surface area contributed by atoms with E-state index in [0.717, 1.165) is 24.2 Å². The Morgan fingerprint density at radius 3 is 2.87 bits per heavy atom. The quantitative estimate of drug-likeness (QED) is 0.788. The van der Waals surface area contributed by atoms with E-state index in [1.54, 1.807) is 6.20 Å². The SMILES string of the molecule is NCc1ccc(CN2CCCC2=O)cn1. The van der Waals surface area contributed by atoms with E-state index in [9.17, 15) is 4.79 Å². The minimum absolute atomic E-state index is 0.248. The number of amides is 1. The van der Waals surface area contributed by atoms with E-state index >= 15 is 0 Å². The second-order valence-corrected chi connectivity index (χ2v) is 3.78. The summed E-state index contributed by atoms with van der Waals surface area (Å²) in [5, 5.41) is 0. The van der Waals surface area contributed by atoms with Gasteiger partial charge >= 0.3 is 0 Å². The van der Waals surface area contributed by atoms with Crippen LogP contribution in [0.1, 0.15) is 24.1 Å². The van der Waals surface area contributed by atoms with E-state index in [1.165, 1.54) is 0 Å². The first-order valence-corrected chi connectivity index (χ1v) is 5.21. The minimum atomic E-state index is 0.248. The summed E-state index contributed by atoms with van der Waals surface area (Å²) in [6.07, 6.45) is 3.47. The minimum Gasteiger partial charge on any atom is -0.338 e. The first-order valence-electron chi connectivity index (χ1n) is 5.21. The highest BCUT2D eigenvalue weighted by molar-refractivity contribution is 5.78. The highest BCUT2D eigenvalue weighted by Crippen LogP contribution is 2.13. The van der Waals surface area contributed by atoms with E-state index in [0.29, 0.717) is 19.5 Å². The molecule has 1 aromatic heterocycles. The van der Waals surface area contributed by atoms with E-state index in [1.807, 2.05) is 17.0 Å². The molecule has 1 aromatic rings. The molecule has 0 aromatic carbocycles. The number of hydrogen-bond donors (Lipinski definition) is 1. The lowest BCUT2D eigenvalue weighted by atomic mass is 10.2. The molecule has 1 aliphatic heterocycles. The van der Waals surface area contributed by atoms with Crippen LogP contribution in [0, 0.1) is 0 Å². The molecule has 1 saturated heterocycles. The molecule has 4 heteroatoms. The Labute approximate surface area is 89.1 Å². The number of nitrogens with two attached hydrogens (primary N) is 1. The zero-order valence-electron chi connectivity index (χ0n) is 8.65. The molecule has 2 heterocycles. The van der Waals surface area contributed by atoms with E-state index in [-0.39, 0.29) is 5.91 Å². The predicted molar refractivity (Wildman–Crippen MR) is 56.8 cm³/mol. The molecular weight excluding hydrogens is 190 g/mol. The van der Waals surface area contributed by atoms with Crippen LogP contribution < -0.4 is 5.73 Å². The number of pyridine rings is 1. The van der Waals surface area contributed by atoms with Crippen molar-refractivity contribution in [2.45, 2.75) is 25.9 Å². The highest BCUT2D eigenvalue weighted by atomic mass is 16.2. The van der Waals surface area contributed by atoms with Gasteiger partial charge in [0.15, 0.2) is 0 Å². The van der Waals surface area contributed by atoms with Gasteiger partial charge in [-0.2, -0.15) is 0 Å². The molecule has 2 N–H and O–H groups in total. The van der Waals surface area contributed by atoms with Crippen LogP contribution in [0.3, 0.4) is 0 Å². The summed E-state index contributed by atoms with van der Waals surface area (Å²) >= 11 is 0. The van der Waals surface area contributed by atoms with Gasteiger partial charge in [0.05, 0.1) is 5.69 Å². The normalized spacial score (nSPS) is 16.1. The first-order chi connectivity index (χ1) is 7.29. The number of likely N-dealkylation sites (tertiary alicyclic amines) is 1. The molecule has 0 atom stereocenters. The van der Waals surface area contributed by atoms with Gasteiger partial charge in [-0.05, 0) is 18.1 Å². The molecule has 0 saturated carbocycles. The summed E-state index contributed by atoms with van der Waals surface area (Å²) < 4.78 is 0. The zero-order valence-corrected chi connectivity index (χ0v) is 8.65. The van der Waals surface area contributed by atoms with Crippen LogP contribution in [0.5, 0.6) is 0 Å². The van der Waals surface area contributed by atoms with Crippen LogP contribution in [0.15, 0.2) is 18.3 Å². The van der Waals surface area contributed by atoms with Crippen molar-refractivity contribution in [2.24, 2.45) is 5.73 Å². The lowest BCUT2D eigenvalue weighted by Crippen LogP contribution is -2.23. The van der Waals surface area contributed by atoms with E-state index < -0.39 is 0 Å². The second-order valence-electron chi connectivity index (χ2n) is 3.78. The van der Waals surface area contributed by atoms with Crippen molar-refractivity contribution in [1.29, 1.82) is 0 Å². The molecule has 1 fully saturated rings. The first kappa shape index (κ1) is 10.1. The van der Waals surface area contributed by atoms with Crippen LogP contribution in [0.2, 0.25) is 0 Å². The van der Waals surface area contributed by atoms with Gasteiger partial charge in [0.1, 0.15) is 0 Å². The molecular formula is C11H15N3O. The van der Waals surface area contributed by atoms with Gasteiger partial charge in [-0.1, -0.05) is 6.07 Å². The Morgan fingerprint density at radius 2 is 2.33 bits per heavy atom. The lowest BCUT2D eigenvalue weighted by Gasteiger charge is -2.15. The molecule has 1 amide bonds. The molecule has 0 aliphatic carbocycles. The maximum absolute atomic E-state index is 11.4. The molecule has 15 heavy (non-hydrogen) atoms. The van der Waals surface area contributed by atoms with Crippen LogP contribution in [-0.2, 0) is 17.9 Å². The van der Waals surface area contributed by atoms with Crippen molar-refractivity contribution in [3.8, 4) is 0 Å². The van der Waals surface area contributed by atoms with Crippen LogP contribution >= 0.6 is 0 Å². The van der Waals surface area contributed by atoms with Gasteiger partial charge < -0.3 is 10.6 Å². The standard InChI is InChI=1S/C11H15N3O/c12-6-10-4-3-9(7-13-10)8-14-5-1-2-11(14)15/h3-4,7H,1-2,5-6,8,12H2. The third kappa shape index (κ3) is 2.33. The summed E-state index contributed by atoms with van der Waals surface area (Å²) in [5.74, 6) is 0.248. The maximum Gasteiger partial charge on any atom is 0.222 e. The number of aromatic nitrogens is 1. The molecule has 0 bridgehead atoms. The second kappa shape index (κ2) is 4.40. The topological polar surface area (TPSA) is 59.2 Å². The number of hydrogen-bond acceptors (Lipinski definition) is 3. The van der Waals surface area contributed by atoms with Crippen molar-refractivity contribution < 1.29 is 4.79 Å². The van der Waals surface area contributed by atoms with Crippen LogP contribution in [-0.4, -0.2) is 22.3 Å². The molecule has 80 valence electrons.